The Labute approximate surface area is 94.6 Å². The minimum absolute atomic E-state index is 0.872. The lowest BCUT2D eigenvalue weighted by Gasteiger charge is -1.90. The zero-order valence-corrected chi connectivity index (χ0v) is 9.46. The van der Waals surface area contributed by atoms with E-state index in [1.165, 1.54) is 11.5 Å². The standard InChI is InChI=1S/C9H8N4S2/c1-2-5-13-7(3-1)12-15-9(13)11-8-10-4-6-14-8/h1-3,5H,4,6H2/b11-9-. The van der Waals surface area contributed by atoms with Gasteiger partial charge in [0.05, 0.1) is 6.54 Å². The first-order valence-electron chi connectivity index (χ1n) is 4.58. The van der Waals surface area contributed by atoms with Gasteiger partial charge < -0.3 is 0 Å². The second-order valence-corrected chi connectivity index (χ2v) is 4.81. The Hall–Kier alpha value is -1.14. The minimum atomic E-state index is 0.872. The first-order chi connectivity index (χ1) is 7.43. The van der Waals surface area contributed by atoms with Gasteiger partial charge in [-0.25, -0.2) is 0 Å². The molecule has 1 aliphatic rings. The Kier molecular flexibility index (Phi) is 2.30. The Balaban J connectivity index is 2.18. The SMILES string of the molecule is c1ccn2/c(=N/C3=NCCS3)snc2c1. The first-order valence-corrected chi connectivity index (χ1v) is 6.34. The molecule has 0 N–H and O–H groups in total. The summed E-state index contributed by atoms with van der Waals surface area (Å²) in [5.41, 5.74) is 0.935. The summed E-state index contributed by atoms with van der Waals surface area (Å²) in [6.45, 7) is 0.880. The minimum Gasteiger partial charge on any atom is -0.275 e. The van der Waals surface area contributed by atoms with E-state index in [1.807, 2.05) is 28.8 Å². The Morgan fingerprint density at radius 2 is 2.40 bits per heavy atom. The molecule has 3 rings (SSSR count). The molecule has 0 spiro atoms. The van der Waals surface area contributed by atoms with E-state index in [9.17, 15) is 0 Å². The van der Waals surface area contributed by atoms with E-state index in [-0.39, 0.29) is 0 Å². The van der Waals surface area contributed by atoms with E-state index in [4.69, 9.17) is 0 Å². The fourth-order valence-electron chi connectivity index (χ4n) is 1.35. The molecule has 4 nitrogen and oxygen atoms in total. The topological polar surface area (TPSA) is 42.0 Å². The van der Waals surface area contributed by atoms with Crippen LogP contribution in [0.3, 0.4) is 0 Å². The molecular formula is C9H8N4S2. The fourth-order valence-corrected chi connectivity index (χ4v) is 2.80. The van der Waals surface area contributed by atoms with Crippen LogP contribution in [0, 0.1) is 0 Å². The summed E-state index contributed by atoms with van der Waals surface area (Å²) >= 11 is 3.10. The third-order valence-corrected chi connectivity index (χ3v) is 3.62. The van der Waals surface area contributed by atoms with Crippen LogP contribution in [0.4, 0.5) is 0 Å². The molecule has 6 heteroatoms. The predicted octanol–water partition coefficient (Wildman–Crippen LogP) is 1.40. The highest BCUT2D eigenvalue weighted by Gasteiger charge is 2.05. The zero-order valence-electron chi connectivity index (χ0n) is 7.83. The van der Waals surface area contributed by atoms with Crippen molar-refractivity contribution in [2.45, 2.75) is 0 Å². The summed E-state index contributed by atoms with van der Waals surface area (Å²) in [6, 6.07) is 5.92. The molecule has 0 saturated carbocycles. The molecular weight excluding hydrogens is 228 g/mol. The number of aromatic nitrogens is 2. The van der Waals surface area contributed by atoms with Crippen molar-refractivity contribution in [2.75, 3.05) is 12.3 Å². The van der Waals surface area contributed by atoms with Gasteiger partial charge in [0.15, 0.2) is 10.8 Å². The van der Waals surface area contributed by atoms with E-state index in [0.717, 1.165) is 27.9 Å². The summed E-state index contributed by atoms with van der Waals surface area (Å²) in [5, 5.41) is 0.872. The van der Waals surface area contributed by atoms with Crippen molar-refractivity contribution in [3.8, 4) is 0 Å². The Morgan fingerprint density at radius 3 is 3.27 bits per heavy atom. The van der Waals surface area contributed by atoms with Gasteiger partial charge in [0, 0.05) is 23.5 Å². The molecule has 3 heterocycles. The van der Waals surface area contributed by atoms with Crippen LogP contribution in [0.5, 0.6) is 0 Å². The van der Waals surface area contributed by atoms with Crippen LogP contribution in [-0.2, 0) is 0 Å². The molecule has 0 bridgehead atoms. The monoisotopic (exact) mass is 236 g/mol. The number of fused-ring (bicyclic) bond motifs is 1. The number of hydrogen-bond acceptors (Lipinski definition) is 5. The molecule has 0 fully saturated rings. The van der Waals surface area contributed by atoms with Gasteiger partial charge >= 0.3 is 0 Å². The molecule has 2 aromatic rings. The molecule has 0 aromatic carbocycles. The van der Waals surface area contributed by atoms with Crippen molar-refractivity contribution >= 4 is 34.1 Å². The molecule has 0 amide bonds. The number of rotatable bonds is 0. The smallest absolute Gasteiger partial charge is 0.215 e. The van der Waals surface area contributed by atoms with Crippen molar-refractivity contribution in [3.05, 3.63) is 29.2 Å². The van der Waals surface area contributed by atoms with Crippen LogP contribution in [0.25, 0.3) is 5.65 Å². The average molecular weight is 236 g/mol. The lowest BCUT2D eigenvalue weighted by molar-refractivity contribution is 1.10. The van der Waals surface area contributed by atoms with Crippen LogP contribution in [0.1, 0.15) is 0 Å². The molecule has 0 aliphatic carbocycles. The third-order valence-electron chi connectivity index (χ3n) is 2.03. The van der Waals surface area contributed by atoms with Gasteiger partial charge in [-0.1, -0.05) is 17.8 Å². The normalized spacial score (nSPS) is 17.3. The molecule has 0 radical (unpaired) electrons. The van der Waals surface area contributed by atoms with Crippen molar-refractivity contribution in [3.63, 3.8) is 0 Å². The number of pyridine rings is 1. The lowest BCUT2D eigenvalue weighted by atomic mass is 10.5. The van der Waals surface area contributed by atoms with Crippen molar-refractivity contribution in [1.29, 1.82) is 0 Å². The first kappa shape index (κ1) is 9.11. The van der Waals surface area contributed by atoms with E-state index < -0.39 is 0 Å². The fraction of sp³-hybridized carbons (Fsp3) is 0.222. The summed E-state index contributed by atoms with van der Waals surface area (Å²) in [5.74, 6) is 1.04. The second-order valence-electron chi connectivity index (χ2n) is 3.02. The van der Waals surface area contributed by atoms with E-state index in [0.29, 0.717) is 0 Å². The number of nitrogens with zero attached hydrogens (tertiary/aromatic N) is 4. The summed E-state index contributed by atoms with van der Waals surface area (Å²) in [7, 11) is 0. The number of amidine groups is 1. The van der Waals surface area contributed by atoms with E-state index in [2.05, 4.69) is 14.4 Å². The maximum atomic E-state index is 4.48. The maximum absolute atomic E-state index is 4.48. The van der Waals surface area contributed by atoms with Gasteiger partial charge in [0.2, 0.25) is 4.80 Å². The third kappa shape index (κ3) is 1.70. The summed E-state index contributed by atoms with van der Waals surface area (Å²) in [4.78, 5) is 9.66. The Morgan fingerprint density at radius 1 is 1.40 bits per heavy atom. The molecule has 15 heavy (non-hydrogen) atoms. The lowest BCUT2D eigenvalue weighted by Crippen LogP contribution is -2.07. The number of hydrogen-bond donors (Lipinski definition) is 0. The van der Waals surface area contributed by atoms with Crippen molar-refractivity contribution < 1.29 is 0 Å². The van der Waals surface area contributed by atoms with Crippen molar-refractivity contribution in [1.82, 2.24) is 8.77 Å². The highest BCUT2D eigenvalue weighted by Crippen LogP contribution is 2.11. The Bertz CT molecular complexity index is 581. The van der Waals surface area contributed by atoms with Crippen LogP contribution >= 0.6 is 23.3 Å². The zero-order chi connectivity index (χ0) is 10.1. The van der Waals surface area contributed by atoms with Gasteiger partial charge in [-0.15, -0.1) is 0 Å². The number of aliphatic imine (C=N–C) groups is 1. The van der Waals surface area contributed by atoms with Crippen LogP contribution in [-0.4, -0.2) is 26.2 Å². The van der Waals surface area contributed by atoms with Crippen LogP contribution in [0.2, 0.25) is 0 Å². The molecule has 0 saturated heterocycles. The molecule has 2 aromatic heterocycles. The summed E-state index contributed by atoms with van der Waals surface area (Å²) < 4.78 is 6.29. The number of thioether (sulfide) groups is 1. The van der Waals surface area contributed by atoms with Crippen LogP contribution < -0.4 is 4.80 Å². The molecule has 0 atom stereocenters. The second kappa shape index (κ2) is 3.79. The summed E-state index contributed by atoms with van der Waals surface area (Å²) in [6.07, 6.45) is 1.97. The average Bonchev–Trinajstić information content (AvgIpc) is 2.89. The quantitative estimate of drug-likeness (QED) is 0.694. The molecule has 1 aliphatic heterocycles. The van der Waals surface area contributed by atoms with E-state index in [1.54, 1.807) is 11.8 Å². The van der Waals surface area contributed by atoms with Gasteiger partial charge in [-0.3, -0.25) is 9.39 Å². The highest BCUT2D eigenvalue weighted by atomic mass is 32.2. The maximum Gasteiger partial charge on any atom is 0.215 e. The highest BCUT2D eigenvalue weighted by molar-refractivity contribution is 8.14. The van der Waals surface area contributed by atoms with Gasteiger partial charge in [0.1, 0.15) is 0 Å². The van der Waals surface area contributed by atoms with Gasteiger partial charge in [-0.2, -0.15) is 9.37 Å². The molecule has 0 unspecified atom stereocenters. The van der Waals surface area contributed by atoms with Gasteiger partial charge in [-0.05, 0) is 12.1 Å². The molecule has 76 valence electrons. The van der Waals surface area contributed by atoms with Gasteiger partial charge in [0.25, 0.3) is 0 Å². The van der Waals surface area contributed by atoms with E-state index >= 15 is 0 Å². The largest absolute Gasteiger partial charge is 0.275 e. The van der Waals surface area contributed by atoms with Crippen molar-refractivity contribution in [2.24, 2.45) is 9.98 Å². The predicted molar refractivity (Wildman–Crippen MR) is 63.4 cm³/mol. The van der Waals surface area contributed by atoms with Crippen LogP contribution in [0.15, 0.2) is 34.4 Å².